The van der Waals surface area contributed by atoms with Gasteiger partial charge in [0.1, 0.15) is 0 Å². The maximum atomic E-state index is 2.39. The van der Waals surface area contributed by atoms with Crippen LogP contribution in [0.1, 0.15) is 0 Å². The monoisotopic (exact) mass is 781 g/mol. The van der Waals surface area contributed by atoms with Gasteiger partial charge in [-0.05, 0) is 115 Å². The van der Waals surface area contributed by atoms with Crippen LogP contribution in [0.25, 0.3) is 86.6 Å². The molecule has 0 spiro atoms. The topological polar surface area (TPSA) is 3.24 Å². The van der Waals surface area contributed by atoms with Gasteiger partial charge in [-0.2, -0.15) is 0 Å². The number of benzene rings is 10. The Hall–Kier alpha value is -7.52. The van der Waals surface area contributed by atoms with Crippen molar-refractivity contribution in [2.75, 3.05) is 4.90 Å². The summed E-state index contributed by atoms with van der Waals surface area (Å²) in [6.07, 6.45) is 0. The predicted octanol–water partition coefficient (Wildman–Crippen LogP) is 17.0. The molecule has 11 rings (SSSR count). The molecular weight excluding hydrogens is 743 g/mol. The number of anilines is 3. The Labute approximate surface area is 354 Å². The van der Waals surface area contributed by atoms with Gasteiger partial charge in [0.25, 0.3) is 0 Å². The van der Waals surface area contributed by atoms with Gasteiger partial charge in [0.15, 0.2) is 0 Å². The van der Waals surface area contributed by atoms with Gasteiger partial charge in [0, 0.05) is 37.1 Å². The fourth-order valence-corrected chi connectivity index (χ4v) is 9.84. The number of hydrogen-bond donors (Lipinski definition) is 0. The van der Waals surface area contributed by atoms with E-state index < -0.39 is 0 Å². The summed E-state index contributed by atoms with van der Waals surface area (Å²) in [7, 11) is 0. The van der Waals surface area contributed by atoms with Crippen molar-refractivity contribution in [3.8, 4) is 55.6 Å². The molecule has 0 radical (unpaired) electrons. The van der Waals surface area contributed by atoms with Gasteiger partial charge in [-0.3, -0.25) is 0 Å². The molecule has 0 atom stereocenters. The first-order valence-electron chi connectivity index (χ1n) is 20.5. The van der Waals surface area contributed by atoms with Crippen LogP contribution in [0.15, 0.2) is 237 Å². The van der Waals surface area contributed by atoms with Gasteiger partial charge in [-0.15, -0.1) is 11.3 Å². The largest absolute Gasteiger partial charge is 0.310 e. The van der Waals surface area contributed by atoms with E-state index in [1.807, 2.05) is 11.3 Å². The normalized spacial score (nSPS) is 11.3. The standard InChI is InChI=1S/C58H39NS/c1-3-14-41(15-4-1)51-36-30-45(38-54(51)46-31-37-58-55(39-46)53-22-10-12-25-57(53)60-58)40-26-32-47(33-27-40)59(56-24-11-9-21-52(56)43-16-5-2-6-17-43)48-34-28-44(29-35-48)50-23-13-19-42-18-7-8-20-49(42)50/h1-39H. The van der Waals surface area contributed by atoms with E-state index in [1.54, 1.807) is 0 Å². The summed E-state index contributed by atoms with van der Waals surface area (Å²) in [5.74, 6) is 0. The number of hydrogen-bond acceptors (Lipinski definition) is 2. The summed E-state index contributed by atoms with van der Waals surface area (Å²) < 4.78 is 2.64. The van der Waals surface area contributed by atoms with Crippen LogP contribution < -0.4 is 4.90 Å². The molecule has 2 heteroatoms. The molecule has 0 aliphatic rings. The van der Waals surface area contributed by atoms with Crippen molar-refractivity contribution >= 4 is 59.3 Å². The van der Waals surface area contributed by atoms with Crippen molar-refractivity contribution in [1.29, 1.82) is 0 Å². The molecule has 0 aliphatic heterocycles. The molecule has 0 aliphatic carbocycles. The number of fused-ring (bicyclic) bond motifs is 4. The lowest BCUT2D eigenvalue weighted by Crippen LogP contribution is -2.11. The van der Waals surface area contributed by atoms with E-state index in [0.29, 0.717) is 0 Å². The summed E-state index contributed by atoms with van der Waals surface area (Å²) in [6, 6.07) is 86.1. The quantitative estimate of drug-likeness (QED) is 0.148. The van der Waals surface area contributed by atoms with Crippen LogP contribution >= 0.6 is 11.3 Å². The van der Waals surface area contributed by atoms with Gasteiger partial charge in [-0.25, -0.2) is 0 Å². The average molecular weight is 782 g/mol. The van der Waals surface area contributed by atoms with E-state index in [0.717, 1.165) is 17.1 Å². The third-order valence-corrected chi connectivity index (χ3v) is 12.9. The Morgan fingerprint density at radius 2 is 0.800 bits per heavy atom. The van der Waals surface area contributed by atoms with Crippen LogP contribution in [-0.4, -0.2) is 0 Å². The van der Waals surface area contributed by atoms with Gasteiger partial charge < -0.3 is 4.90 Å². The maximum absolute atomic E-state index is 2.39. The first-order chi connectivity index (χ1) is 29.7. The lowest BCUT2D eigenvalue weighted by atomic mass is 9.90. The van der Waals surface area contributed by atoms with Crippen LogP contribution in [0.3, 0.4) is 0 Å². The first kappa shape index (κ1) is 35.6. The highest BCUT2D eigenvalue weighted by molar-refractivity contribution is 7.25. The second kappa shape index (κ2) is 15.3. The minimum atomic E-state index is 1.09. The molecule has 0 amide bonds. The highest BCUT2D eigenvalue weighted by Crippen LogP contribution is 2.44. The average Bonchev–Trinajstić information content (AvgIpc) is 3.71. The van der Waals surface area contributed by atoms with Gasteiger partial charge in [0.2, 0.25) is 0 Å². The Morgan fingerprint density at radius 3 is 1.57 bits per heavy atom. The predicted molar refractivity (Wildman–Crippen MR) is 259 cm³/mol. The molecule has 60 heavy (non-hydrogen) atoms. The third kappa shape index (κ3) is 6.54. The Bertz CT molecular complexity index is 3290. The zero-order chi connectivity index (χ0) is 39.8. The highest BCUT2D eigenvalue weighted by atomic mass is 32.1. The zero-order valence-corrected chi connectivity index (χ0v) is 33.7. The molecule has 1 nitrogen and oxygen atoms in total. The van der Waals surface area contributed by atoms with Crippen molar-refractivity contribution in [2.45, 2.75) is 0 Å². The van der Waals surface area contributed by atoms with Gasteiger partial charge >= 0.3 is 0 Å². The van der Waals surface area contributed by atoms with Crippen molar-refractivity contribution in [3.05, 3.63) is 237 Å². The smallest absolute Gasteiger partial charge is 0.0540 e. The molecule has 1 aromatic heterocycles. The second-order valence-electron chi connectivity index (χ2n) is 15.3. The molecule has 11 aromatic rings. The van der Waals surface area contributed by atoms with E-state index in [-0.39, 0.29) is 0 Å². The van der Waals surface area contributed by atoms with E-state index in [4.69, 9.17) is 0 Å². The van der Waals surface area contributed by atoms with Crippen LogP contribution in [0.5, 0.6) is 0 Å². The molecule has 0 N–H and O–H groups in total. The van der Waals surface area contributed by atoms with Crippen molar-refractivity contribution in [1.82, 2.24) is 0 Å². The summed E-state index contributed by atoms with van der Waals surface area (Å²) in [4.78, 5) is 2.39. The van der Waals surface area contributed by atoms with E-state index in [9.17, 15) is 0 Å². The summed E-state index contributed by atoms with van der Waals surface area (Å²) >= 11 is 1.86. The summed E-state index contributed by atoms with van der Waals surface area (Å²) in [5, 5.41) is 5.13. The minimum absolute atomic E-state index is 1.09. The van der Waals surface area contributed by atoms with Crippen LogP contribution in [-0.2, 0) is 0 Å². The maximum Gasteiger partial charge on any atom is 0.0540 e. The lowest BCUT2D eigenvalue weighted by Gasteiger charge is -2.28. The molecule has 1 heterocycles. The number of rotatable bonds is 8. The number of para-hydroxylation sites is 1. The molecule has 0 saturated carbocycles. The van der Waals surface area contributed by atoms with E-state index in [1.165, 1.54) is 86.6 Å². The van der Waals surface area contributed by atoms with E-state index >= 15 is 0 Å². The molecule has 0 fully saturated rings. The van der Waals surface area contributed by atoms with Crippen LogP contribution in [0.2, 0.25) is 0 Å². The Balaban J connectivity index is 1.02. The number of nitrogens with zero attached hydrogens (tertiary/aromatic N) is 1. The molecule has 0 bridgehead atoms. The first-order valence-corrected chi connectivity index (χ1v) is 21.3. The minimum Gasteiger partial charge on any atom is -0.310 e. The Kier molecular flexibility index (Phi) is 9.11. The molecule has 0 saturated heterocycles. The van der Waals surface area contributed by atoms with Crippen LogP contribution in [0, 0.1) is 0 Å². The van der Waals surface area contributed by atoms with Crippen LogP contribution in [0.4, 0.5) is 17.1 Å². The third-order valence-electron chi connectivity index (χ3n) is 11.7. The van der Waals surface area contributed by atoms with E-state index in [2.05, 4.69) is 241 Å². The zero-order valence-electron chi connectivity index (χ0n) is 32.9. The molecular formula is C58H39NS. The van der Waals surface area contributed by atoms with Gasteiger partial charge in [-0.1, -0.05) is 182 Å². The van der Waals surface area contributed by atoms with Crippen molar-refractivity contribution < 1.29 is 0 Å². The summed E-state index contributed by atoms with van der Waals surface area (Å²) in [5.41, 5.74) is 15.4. The summed E-state index contributed by atoms with van der Waals surface area (Å²) in [6.45, 7) is 0. The fourth-order valence-electron chi connectivity index (χ4n) is 8.75. The number of thiophene rings is 1. The molecule has 282 valence electrons. The molecule has 0 unspecified atom stereocenters. The SMILES string of the molecule is c1ccc(-c2ccc(-c3ccc(N(c4ccc(-c5cccc6ccccc56)cc4)c4ccccc4-c4ccccc4)cc3)cc2-c2ccc3sc4ccccc4c3c2)cc1. The van der Waals surface area contributed by atoms with Crippen molar-refractivity contribution in [3.63, 3.8) is 0 Å². The van der Waals surface area contributed by atoms with Crippen molar-refractivity contribution in [2.24, 2.45) is 0 Å². The second-order valence-corrected chi connectivity index (χ2v) is 16.4. The lowest BCUT2D eigenvalue weighted by molar-refractivity contribution is 1.28. The Morgan fingerprint density at radius 1 is 0.267 bits per heavy atom. The molecule has 10 aromatic carbocycles. The highest BCUT2D eigenvalue weighted by Gasteiger charge is 2.19. The fraction of sp³-hybridized carbons (Fsp3) is 0. The van der Waals surface area contributed by atoms with Gasteiger partial charge in [0.05, 0.1) is 5.69 Å².